The number of hydrogen-bond acceptors (Lipinski definition) is 8. The van der Waals surface area contributed by atoms with E-state index in [0.717, 1.165) is 0 Å². The average molecular weight is 477 g/mol. The lowest BCUT2D eigenvalue weighted by Gasteiger charge is -2.53. The largest absolute Gasteiger partial charge is 0.458 e. The van der Waals surface area contributed by atoms with Crippen LogP contribution >= 0.6 is 0 Å². The summed E-state index contributed by atoms with van der Waals surface area (Å²) in [4.78, 5) is 38.2. The number of aliphatic hydroxyl groups is 3. The number of aliphatic hydroxyl groups excluding tert-OH is 1. The Bertz CT molecular complexity index is 995. The first-order chi connectivity index (χ1) is 15.8. The number of ketones is 1. The zero-order valence-corrected chi connectivity index (χ0v) is 20.8. The van der Waals surface area contributed by atoms with Crippen molar-refractivity contribution in [1.29, 1.82) is 0 Å². The number of ether oxygens (including phenoxy) is 2. The second kappa shape index (κ2) is 7.73. The summed E-state index contributed by atoms with van der Waals surface area (Å²) in [6, 6.07) is 0. The van der Waals surface area contributed by atoms with E-state index in [1.54, 1.807) is 39.8 Å². The van der Waals surface area contributed by atoms with Crippen molar-refractivity contribution in [1.82, 2.24) is 0 Å². The van der Waals surface area contributed by atoms with E-state index >= 15 is 0 Å². The van der Waals surface area contributed by atoms with Crippen LogP contribution in [0.25, 0.3) is 0 Å². The Labute approximate surface area is 200 Å². The monoisotopic (exact) mass is 476 g/mol. The van der Waals surface area contributed by atoms with Crippen molar-refractivity contribution in [3.8, 4) is 0 Å². The van der Waals surface area contributed by atoms with Gasteiger partial charge in [-0.3, -0.25) is 14.4 Å². The van der Waals surface area contributed by atoms with Gasteiger partial charge in [-0.05, 0) is 18.1 Å². The van der Waals surface area contributed by atoms with Crippen LogP contribution in [0.5, 0.6) is 0 Å². The molecule has 0 bridgehead atoms. The first kappa shape index (κ1) is 25.1. The van der Waals surface area contributed by atoms with E-state index in [1.807, 2.05) is 13.8 Å². The molecule has 34 heavy (non-hydrogen) atoms. The quantitative estimate of drug-likeness (QED) is 0.405. The maximum Gasteiger partial charge on any atom is 0.306 e. The van der Waals surface area contributed by atoms with Crippen LogP contribution < -0.4 is 0 Å². The molecule has 0 unspecified atom stereocenters. The summed E-state index contributed by atoms with van der Waals surface area (Å²) >= 11 is 0. The molecular weight excluding hydrogens is 440 g/mol. The van der Waals surface area contributed by atoms with Crippen LogP contribution in [0.2, 0.25) is 0 Å². The van der Waals surface area contributed by atoms with E-state index in [4.69, 9.17) is 9.47 Å². The van der Waals surface area contributed by atoms with E-state index in [1.165, 1.54) is 0 Å². The van der Waals surface area contributed by atoms with Gasteiger partial charge in [-0.1, -0.05) is 46.8 Å². The normalized spacial score (nSPS) is 44.0. The summed E-state index contributed by atoms with van der Waals surface area (Å²) in [5.74, 6) is -4.30. The van der Waals surface area contributed by atoms with E-state index in [9.17, 15) is 29.7 Å². The van der Waals surface area contributed by atoms with Gasteiger partial charge in [0.15, 0.2) is 11.4 Å². The molecule has 0 amide bonds. The fourth-order valence-corrected chi connectivity index (χ4v) is 7.31. The van der Waals surface area contributed by atoms with Gasteiger partial charge in [0.1, 0.15) is 11.7 Å². The Morgan fingerprint density at radius 3 is 2.29 bits per heavy atom. The molecule has 0 heterocycles. The lowest BCUT2D eigenvalue weighted by molar-refractivity contribution is -0.228. The van der Waals surface area contributed by atoms with Gasteiger partial charge in [-0.25, -0.2) is 0 Å². The summed E-state index contributed by atoms with van der Waals surface area (Å²) < 4.78 is 12.0. The lowest BCUT2D eigenvalue weighted by Crippen LogP contribution is -2.66. The predicted molar refractivity (Wildman–Crippen MR) is 121 cm³/mol. The number of carbonyl (C=O) groups is 3. The Morgan fingerprint density at radius 1 is 1.12 bits per heavy atom. The van der Waals surface area contributed by atoms with Gasteiger partial charge >= 0.3 is 11.9 Å². The molecule has 4 aliphatic rings. The molecule has 188 valence electrons. The highest BCUT2D eigenvalue weighted by molar-refractivity contribution is 6.04. The topological polar surface area (TPSA) is 130 Å². The van der Waals surface area contributed by atoms with Crippen molar-refractivity contribution in [3.05, 3.63) is 23.3 Å². The Hall–Kier alpha value is -2.03. The number of fused-ring (bicyclic) bond motifs is 5. The van der Waals surface area contributed by atoms with Gasteiger partial charge in [0.2, 0.25) is 0 Å². The maximum atomic E-state index is 13.1. The summed E-state index contributed by atoms with van der Waals surface area (Å²) in [7, 11) is 0. The third-order valence-corrected chi connectivity index (χ3v) is 9.08. The molecule has 0 saturated heterocycles. The second-order valence-electron chi connectivity index (χ2n) is 11.0. The zero-order valence-electron chi connectivity index (χ0n) is 20.8. The molecule has 0 aromatic rings. The van der Waals surface area contributed by atoms with E-state index in [-0.39, 0.29) is 25.9 Å². The minimum Gasteiger partial charge on any atom is -0.458 e. The third kappa shape index (κ3) is 2.91. The molecule has 8 atom stereocenters. The highest BCUT2D eigenvalue weighted by Gasteiger charge is 2.87. The minimum absolute atomic E-state index is 0.105. The van der Waals surface area contributed by atoms with Gasteiger partial charge < -0.3 is 24.8 Å². The van der Waals surface area contributed by atoms with Crippen LogP contribution in [0.3, 0.4) is 0 Å². The summed E-state index contributed by atoms with van der Waals surface area (Å²) in [5, 5.41) is 34.2. The molecule has 2 saturated carbocycles. The summed E-state index contributed by atoms with van der Waals surface area (Å²) in [6.45, 7) is 10.1. The van der Waals surface area contributed by atoms with Gasteiger partial charge in [0, 0.05) is 48.3 Å². The van der Waals surface area contributed by atoms with Gasteiger partial charge in [-0.15, -0.1) is 0 Å². The summed E-state index contributed by atoms with van der Waals surface area (Å²) in [6.07, 6.45) is 2.51. The van der Waals surface area contributed by atoms with Crippen molar-refractivity contribution in [3.63, 3.8) is 0 Å². The van der Waals surface area contributed by atoms with Crippen LogP contribution in [0.1, 0.15) is 60.8 Å². The molecule has 3 N–H and O–H groups in total. The van der Waals surface area contributed by atoms with E-state index in [0.29, 0.717) is 11.1 Å². The van der Waals surface area contributed by atoms with Crippen molar-refractivity contribution in [2.24, 2.45) is 29.1 Å². The number of rotatable bonds is 5. The predicted octanol–water partition coefficient (Wildman–Crippen LogP) is 1.85. The Morgan fingerprint density at radius 2 is 1.74 bits per heavy atom. The Kier molecular flexibility index (Phi) is 5.70. The van der Waals surface area contributed by atoms with Crippen molar-refractivity contribution >= 4 is 17.7 Å². The van der Waals surface area contributed by atoms with E-state index in [2.05, 4.69) is 0 Å². The number of esters is 2. The molecule has 8 nitrogen and oxygen atoms in total. The average Bonchev–Trinajstić information content (AvgIpc) is 3.22. The van der Waals surface area contributed by atoms with Crippen LogP contribution in [-0.2, 0) is 23.9 Å². The minimum atomic E-state index is -1.92. The van der Waals surface area contributed by atoms with Crippen LogP contribution in [0, 0.1) is 29.1 Å². The number of carbonyl (C=O) groups excluding carboxylic acids is 3. The Balaban J connectivity index is 1.95. The third-order valence-electron chi connectivity index (χ3n) is 9.08. The molecule has 0 radical (unpaired) electrons. The molecule has 0 aliphatic heterocycles. The first-order valence-electron chi connectivity index (χ1n) is 12.2. The highest BCUT2D eigenvalue weighted by atomic mass is 16.6. The number of hydrogen-bond donors (Lipinski definition) is 3. The molecule has 0 spiro atoms. The van der Waals surface area contributed by atoms with Crippen LogP contribution in [0.15, 0.2) is 23.3 Å². The van der Waals surface area contributed by atoms with Gasteiger partial charge in [-0.2, -0.15) is 0 Å². The van der Waals surface area contributed by atoms with Gasteiger partial charge in [0.05, 0.1) is 12.2 Å². The number of Topliss-reactive ketones (excluding diaryl/α,β-unsaturated/α-hetero) is 1. The smallest absolute Gasteiger partial charge is 0.306 e. The second-order valence-corrected chi connectivity index (χ2v) is 11.0. The molecule has 2 fully saturated rings. The van der Waals surface area contributed by atoms with Gasteiger partial charge in [0.25, 0.3) is 0 Å². The molecule has 4 aliphatic carbocycles. The van der Waals surface area contributed by atoms with Crippen LogP contribution in [0.4, 0.5) is 0 Å². The molecule has 8 heteroatoms. The van der Waals surface area contributed by atoms with Crippen molar-refractivity contribution in [2.75, 3.05) is 6.61 Å². The van der Waals surface area contributed by atoms with E-state index < -0.39 is 69.7 Å². The molecular formula is C26H36O8. The fraction of sp³-hybridized carbons (Fsp3) is 0.731. The zero-order chi connectivity index (χ0) is 25.4. The molecule has 0 aromatic carbocycles. The van der Waals surface area contributed by atoms with Crippen molar-refractivity contribution < 1.29 is 39.2 Å². The van der Waals surface area contributed by atoms with Crippen molar-refractivity contribution in [2.45, 2.75) is 83.7 Å². The summed E-state index contributed by atoms with van der Waals surface area (Å²) in [5.41, 5.74) is -4.69. The SMILES string of the molecule is CCC(=O)O[C@@H]1[C@@H](C)[C@@]2(O)[C@@H](C=C(CO)C[C@]3(O)C(=O)C(C)=C[C@@H]23)[C@H]2C(C)(C)[C@]12OC(=O)CC. The lowest BCUT2D eigenvalue weighted by atomic mass is 9.59. The fourth-order valence-electron chi connectivity index (χ4n) is 7.31. The molecule has 0 aromatic heterocycles. The molecule has 4 rings (SSSR count). The highest BCUT2D eigenvalue weighted by Crippen LogP contribution is 2.77. The first-order valence-corrected chi connectivity index (χ1v) is 12.2. The maximum absolute atomic E-state index is 13.1. The standard InChI is InChI=1S/C26H36O8/c1-7-18(28)33-22-14(4)25(32)16(20-23(5,6)26(20,22)34-19(29)8-2)10-15(12-27)11-24(31)17(25)9-13(3)21(24)30/h9-10,14,16-17,20,22,27,31-32H,7-8,11-12H2,1-6H3/t14-,16+,17-,20+,22-,24-,25-,26-/m1/s1. The van der Waals surface area contributed by atoms with Crippen LogP contribution in [-0.4, -0.2) is 62.6 Å².